The van der Waals surface area contributed by atoms with Gasteiger partial charge in [-0.2, -0.15) is 0 Å². The van der Waals surface area contributed by atoms with Crippen molar-refractivity contribution in [3.63, 3.8) is 0 Å². The average Bonchev–Trinajstić information content (AvgIpc) is 0.918. The van der Waals surface area contributed by atoms with Crippen LogP contribution in [-0.2, 0) is 37.5 Å². The molecule has 0 aliphatic carbocycles. The fourth-order valence-electron chi connectivity index (χ4n) is 0. The summed E-state index contributed by atoms with van der Waals surface area (Å²) in [5.74, 6) is 0. The molecule has 0 aromatic carbocycles. The molecule has 0 saturated carbocycles. The Morgan fingerprint density at radius 3 is 1.20 bits per heavy atom. The maximum Gasteiger partial charge on any atom is 0.0967 e. The normalized spacial score (nSPS) is 3.60. The molecule has 0 unspecified atom stereocenters. The van der Waals surface area contributed by atoms with Crippen molar-refractivity contribution in [1.29, 1.82) is 0 Å². The standard InChI is InChI=1S/CH2Cl2.Fe.Pd/c2-1-3;;/h1H2;;. The van der Waals surface area contributed by atoms with Gasteiger partial charge in [-0.05, 0) is 0 Å². The zero-order valence-electron chi connectivity index (χ0n) is 2.13. The maximum atomic E-state index is 4.76. The van der Waals surface area contributed by atoms with Gasteiger partial charge in [0.1, 0.15) is 0 Å². The zero-order valence-corrected chi connectivity index (χ0v) is 6.30. The van der Waals surface area contributed by atoms with E-state index in [0.717, 1.165) is 0 Å². The minimum Gasteiger partial charge on any atom is -0.109 e. The van der Waals surface area contributed by atoms with Crippen LogP contribution in [0.4, 0.5) is 0 Å². The maximum absolute atomic E-state index is 4.76. The van der Waals surface area contributed by atoms with E-state index in [2.05, 4.69) is 0 Å². The predicted octanol–water partition coefficient (Wildman–Crippen LogP) is 1.42. The van der Waals surface area contributed by atoms with Crippen molar-refractivity contribution < 1.29 is 37.5 Å². The first-order valence-corrected chi connectivity index (χ1v) is 1.60. The summed E-state index contributed by atoms with van der Waals surface area (Å²) in [5, 5.41) is 0.194. The van der Waals surface area contributed by atoms with Gasteiger partial charge in [-0.15, -0.1) is 23.2 Å². The number of hydrogen-bond donors (Lipinski definition) is 0. The van der Waals surface area contributed by atoms with Crippen molar-refractivity contribution in [1.82, 2.24) is 0 Å². The Morgan fingerprint density at radius 1 is 1.20 bits per heavy atom. The number of rotatable bonds is 0. The summed E-state index contributed by atoms with van der Waals surface area (Å²) in [7, 11) is 0. The Kier molecular flexibility index (Phi) is 54.3. The summed E-state index contributed by atoms with van der Waals surface area (Å²) >= 11 is 9.53. The molecule has 0 fully saturated rings. The van der Waals surface area contributed by atoms with Crippen LogP contribution >= 0.6 is 23.2 Å². The van der Waals surface area contributed by atoms with Gasteiger partial charge in [-0.3, -0.25) is 0 Å². The number of alkyl halides is 2. The third kappa shape index (κ3) is 26.3. The molecule has 0 spiro atoms. The van der Waals surface area contributed by atoms with Crippen molar-refractivity contribution >= 4 is 23.2 Å². The van der Waals surface area contributed by atoms with Gasteiger partial charge in [0.15, 0.2) is 0 Å². The third-order valence-corrected chi connectivity index (χ3v) is 0. The molecule has 0 radical (unpaired) electrons. The second-order valence-corrected chi connectivity index (χ2v) is 0.909. The monoisotopic (exact) mass is 246 g/mol. The Balaban J connectivity index is -0.0000000200. The summed E-state index contributed by atoms with van der Waals surface area (Å²) in [6, 6.07) is 0. The fraction of sp³-hybridized carbons (Fsp3) is 1.00. The van der Waals surface area contributed by atoms with Crippen LogP contribution in [0.25, 0.3) is 0 Å². The predicted molar refractivity (Wildman–Crippen MR) is 16.6 cm³/mol. The van der Waals surface area contributed by atoms with Crippen LogP contribution in [0.3, 0.4) is 0 Å². The molecule has 0 heterocycles. The number of halogens is 2. The van der Waals surface area contributed by atoms with Gasteiger partial charge in [0.05, 0.1) is 5.34 Å². The Morgan fingerprint density at radius 2 is 1.20 bits per heavy atom. The first kappa shape index (κ1) is 15.9. The molecule has 0 N–H and O–H groups in total. The van der Waals surface area contributed by atoms with Crippen molar-refractivity contribution in [3.8, 4) is 0 Å². The molecule has 0 amide bonds. The molecule has 5 heavy (non-hydrogen) atoms. The molecule has 0 aromatic heterocycles. The van der Waals surface area contributed by atoms with Crippen LogP contribution in [0, 0.1) is 0 Å². The number of hydrogen-bond acceptors (Lipinski definition) is 0. The van der Waals surface area contributed by atoms with Crippen molar-refractivity contribution in [2.45, 2.75) is 0 Å². The molecule has 0 atom stereocenters. The van der Waals surface area contributed by atoms with Crippen LogP contribution in [0.15, 0.2) is 0 Å². The van der Waals surface area contributed by atoms with Crippen LogP contribution in [0.2, 0.25) is 0 Å². The average molecular weight is 247 g/mol. The van der Waals surface area contributed by atoms with E-state index in [1.165, 1.54) is 0 Å². The quantitative estimate of drug-likeness (QED) is 0.448. The summed E-state index contributed by atoms with van der Waals surface area (Å²) in [4.78, 5) is 0. The van der Waals surface area contributed by atoms with E-state index < -0.39 is 0 Å². The Labute approximate surface area is 65.7 Å². The summed E-state index contributed by atoms with van der Waals surface area (Å²) in [6.07, 6.45) is 0. The molecule has 0 aliphatic rings. The van der Waals surface area contributed by atoms with Crippen LogP contribution in [-0.4, -0.2) is 5.34 Å². The topological polar surface area (TPSA) is 0 Å². The molecular weight excluding hydrogens is 245 g/mol. The molecule has 38 valence electrons. The van der Waals surface area contributed by atoms with E-state index in [1.807, 2.05) is 0 Å². The Bertz CT molecular complexity index is 9.61. The molecule has 0 rings (SSSR count). The van der Waals surface area contributed by atoms with E-state index in [-0.39, 0.29) is 42.8 Å². The van der Waals surface area contributed by atoms with Crippen molar-refractivity contribution in [2.75, 3.05) is 5.34 Å². The van der Waals surface area contributed by atoms with E-state index >= 15 is 0 Å². The van der Waals surface area contributed by atoms with Crippen molar-refractivity contribution in [3.05, 3.63) is 0 Å². The van der Waals surface area contributed by atoms with E-state index in [1.54, 1.807) is 0 Å². The van der Waals surface area contributed by atoms with Gasteiger partial charge in [0.25, 0.3) is 0 Å². The molecular formula is CH2Cl2FePd. The minimum absolute atomic E-state index is 0. The fourth-order valence-corrected chi connectivity index (χ4v) is 0. The van der Waals surface area contributed by atoms with E-state index in [0.29, 0.717) is 0 Å². The summed E-state index contributed by atoms with van der Waals surface area (Å²) in [5.41, 5.74) is 0. The minimum atomic E-state index is 0. The smallest absolute Gasteiger partial charge is 0.0967 e. The van der Waals surface area contributed by atoms with Gasteiger partial charge in [0.2, 0.25) is 0 Å². The molecule has 0 aliphatic heterocycles. The van der Waals surface area contributed by atoms with Crippen molar-refractivity contribution in [2.24, 2.45) is 0 Å². The summed E-state index contributed by atoms with van der Waals surface area (Å²) in [6.45, 7) is 0. The van der Waals surface area contributed by atoms with Crippen LogP contribution in [0.1, 0.15) is 0 Å². The van der Waals surface area contributed by atoms with Gasteiger partial charge in [-0.1, -0.05) is 0 Å². The van der Waals surface area contributed by atoms with Crippen LogP contribution < -0.4 is 0 Å². The molecule has 0 bridgehead atoms. The second-order valence-electron chi connectivity index (χ2n) is 0.101. The molecule has 4 heteroatoms. The van der Waals surface area contributed by atoms with Gasteiger partial charge in [0, 0.05) is 37.5 Å². The molecule has 0 aromatic rings. The van der Waals surface area contributed by atoms with E-state index in [4.69, 9.17) is 23.2 Å². The zero-order chi connectivity index (χ0) is 2.71. The largest absolute Gasteiger partial charge is 0.109 e. The third-order valence-electron chi connectivity index (χ3n) is 0. The SMILES string of the molecule is ClCCl.[Fe].[Pd]. The first-order chi connectivity index (χ1) is 1.41. The summed E-state index contributed by atoms with van der Waals surface area (Å²) < 4.78 is 0. The second kappa shape index (κ2) is 17.1. The van der Waals surface area contributed by atoms with Gasteiger partial charge >= 0.3 is 0 Å². The molecule has 0 nitrogen and oxygen atoms in total. The van der Waals surface area contributed by atoms with Gasteiger partial charge < -0.3 is 0 Å². The van der Waals surface area contributed by atoms with E-state index in [9.17, 15) is 0 Å². The van der Waals surface area contributed by atoms with Gasteiger partial charge in [-0.25, -0.2) is 0 Å². The first-order valence-electron chi connectivity index (χ1n) is 0.535. The Hall–Kier alpha value is 1.76. The molecule has 0 saturated heterocycles. The van der Waals surface area contributed by atoms with Crippen LogP contribution in [0.5, 0.6) is 0 Å².